The lowest BCUT2D eigenvalue weighted by Crippen LogP contribution is -2.04. The smallest absolute Gasteiger partial charge is 0.167 e. The van der Waals surface area contributed by atoms with Gasteiger partial charge in [0.1, 0.15) is 11.2 Å². The first-order valence-corrected chi connectivity index (χ1v) is 17.9. The maximum atomic E-state index is 6.67. The number of nitrogens with zero attached hydrogens (tertiary/aromatic N) is 4. The Balaban J connectivity index is 1.24. The number of hydrogen-bond donors (Lipinski definition) is 0. The third-order valence-corrected chi connectivity index (χ3v) is 10.0. The van der Waals surface area contributed by atoms with Crippen molar-refractivity contribution in [1.29, 1.82) is 0 Å². The summed E-state index contributed by atoms with van der Waals surface area (Å²) in [6.07, 6.45) is 12.3. The Morgan fingerprint density at radius 2 is 1.23 bits per heavy atom. The van der Waals surface area contributed by atoms with E-state index < -0.39 is 0 Å². The number of aromatic nitrogens is 4. The van der Waals surface area contributed by atoms with E-state index in [4.69, 9.17) is 24.4 Å². The molecule has 3 aromatic heterocycles. The van der Waals surface area contributed by atoms with Crippen LogP contribution >= 0.6 is 0 Å². The van der Waals surface area contributed by atoms with Crippen molar-refractivity contribution in [3.8, 4) is 33.9 Å². The molecule has 0 saturated carbocycles. The molecule has 0 N–H and O–H groups in total. The molecule has 1 aliphatic carbocycles. The number of para-hydroxylation sites is 1. The molecule has 0 radical (unpaired) electrons. The molecule has 5 heteroatoms. The highest BCUT2D eigenvalue weighted by atomic mass is 16.3. The summed E-state index contributed by atoms with van der Waals surface area (Å²) in [6, 6.07) is 48.1. The molecule has 1 aliphatic rings. The standard InChI is InChI=1S/C48H32N4O/c1-3-14-31(15-4-1)32-16-7-8-19-34(26-25-32)47-50-46(33-17-5-2-6-18-33)51-48(52-47)42-30-36(29-41-38-22-11-12-24-43(38)53-45(41)42)40-28-35-20-13-27-49-44(35)39-23-10-9-21-37(39)40/h1-7,9-18,20-30H,8,19H2/b16-7?,32-25+,34-26+. The molecule has 5 nitrogen and oxygen atoms in total. The van der Waals surface area contributed by atoms with Crippen LogP contribution in [0.4, 0.5) is 0 Å². The second-order valence-electron chi connectivity index (χ2n) is 13.3. The first kappa shape index (κ1) is 30.8. The molecule has 0 bridgehead atoms. The largest absolute Gasteiger partial charge is 0.455 e. The fourth-order valence-corrected chi connectivity index (χ4v) is 7.45. The molecule has 3 heterocycles. The van der Waals surface area contributed by atoms with Crippen LogP contribution in [0.25, 0.3) is 88.7 Å². The van der Waals surface area contributed by atoms with Gasteiger partial charge in [0.25, 0.3) is 0 Å². The zero-order chi connectivity index (χ0) is 35.1. The van der Waals surface area contributed by atoms with Gasteiger partial charge in [-0.25, -0.2) is 15.0 Å². The van der Waals surface area contributed by atoms with E-state index in [2.05, 4.69) is 109 Å². The molecule has 10 rings (SSSR count). The van der Waals surface area contributed by atoms with Crippen molar-refractivity contribution in [3.05, 3.63) is 181 Å². The molecular weight excluding hydrogens is 649 g/mol. The van der Waals surface area contributed by atoms with Crippen LogP contribution in [0, 0.1) is 0 Å². The van der Waals surface area contributed by atoms with Crippen molar-refractivity contribution >= 4 is 54.8 Å². The van der Waals surface area contributed by atoms with E-state index in [1.54, 1.807) is 0 Å². The van der Waals surface area contributed by atoms with E-state index in [9.17, 15) is 0 Å². The van der Waals surface area contributed by atoms with Crippen LogP contribution in [-0.4, -0.2) is 19.9 Å². The Kier molecular flexibility index (Phi) is 7.54. The lowest BCUT2D eigenvalue weighted by atomic mass is 9.93. The van der Waals surface area contributed by atoms with Gasteiger partial charge in [-0.15, -0.1) is 0 Å². The number of allylic oxidation sites excluding steroid dienone is 6. The second-order valence-corrected chi connectivity index (χ2v) is 13.3. The highest BCUT2D eigenvalue weighted by molar-refractivity contribution is 6.15. The van der Waals surface area contributed by atoms with E-state index in [-0.39, 0.29) is 0 Å². The van der Waals surface area contributed by atoms with Gasteiger partial charge in [0.05, 0.1) is 11.1 Å². The van der Waals surface area contributed by atoms with E-state index in [0.29, 0.717) is 17.5 Å². The topological polar surface area (TPSA) is 64.7 Å². The highest BCUT2D eigenvalue weighted by Gasteiger charge is 2.21. The Bertz CT molecular complexity index is 2940. The zero-order valence-electron chi connectivity index (χ0n) is 28.8. The summed E-state index contributed by atoms with van der Waals surface area (Å²) in [5.74, 6) is 1.84. The van der Waals surface area contributed by atoms with Gasteiger partial charge in [0.15, 0.2) is 17.5 Å². The number of furan rings is 1. The Morgan fingerprint density at radius 3 is 2.08 bits per heavy atom. The third-order valence-electron chi connectivity index (χ3n) is 10.0. The molecule has 0 amide bonds. The maximum absolute atomic E-state index is 6.67. The van der Waals surface area contributed by atoms with Crippen molar-refractivity contribution < 1.29 is 4.42 Å². The summed E-state index contributed by atoms with van der Waals surface area (Å²) in [4.78, 5) is 20.4. The van der Waals surface area contributed by atoms with Gasteiger partial charge in [0.2, 0.25) is 0 Å². The van der Waals surface area contributed by atoms with Gasteiger partial charge in [0, 0.05) is 33.3 Å². The molecule has 9 aromatic rings. The quantitative estimate of drug-likeness (QED) is 0.169. The van der Waals surface area contributed by atoms with Gasteiger partial charge in [-0.3, -0.25) is 4.98 Å². The highest BCUT2D eigenvalue weighted by Crippen LogP contribution is 2.42. The summed E-state index contributed by atoms with van der Waals surface area (Å²) in [5, 5.41) is 5.38. The normalized spacial score (nSPS) is 15.2. The molecule has 0 saturated heterocycles. The van der Waals surface area contributed by atoms with Crippen LogP contribution in [0.5, 0.6) is 0 Å². The molecule has 0 aliphatic heterocycles. The summed E-state index contributed by atoms with van der Waals surface area (Å²) in [7, 11) is 0. The van der Waals surface area contributed by atoms with Crippen LogP contribution in [-0.2, 0) is 0 Å². The van der Waals surface area contributed by atoms with E-state index in [1.165, 1.54) is 5.56 Å². The zero-order valence-corrected chi connectivity index (χ0v) is 28.8. The second kappa shape index (κ2) is 13.0. The fraction of sp³-hybridized carbons (Fsp3) is 0.0417. The van der Waals surface area contributed by atoms with Gasteiger partial charge >= 0.3 is 0 Å². The summed E-state index contributed by atoms with van der Waals surface area (Å²) in [5.41, 5.74) is 9.83. The van der Waals surface area contributed by atoms with Crippen molar-refractivity contribution in [2.24, 2.45) is 0 Å². The van der Waals surface area contributed by atoms with Gasteiger partial charge in [-0.05, 0) is 76.4 Å². The van der Waals surface area contributed by atoms with Crippen LogP contribution in [0.15, 0.2) is 174 Å². The maximum Gasteiger partial charge on any atom is 0.167 e. The summed E-state index contributed by atoms with van der Waals surface area (Å²) >= 11 is 0. The van der Waals surface area contributed by atoms with Gasteiger partial charge < -0.3 is 4.42 Å². The van der Waals surface area contributed by atoms with Crippen molar-refractivity contribution in [1.82, 2.24) is 19.9 Å². The number of rotatable bonds is 5. The number of pyridine rings is 1. The molecular formula is C48H32N4O. The van der Waals surface area contributed by atoms with Crippen molar-refractivity contribution in [2.45, 2.75) is 12.8 Å². The molecule has 250 valence electrons. The lowest BCUT2D eigenvalue weighted by Gasteiger charge is -2.14. The number of hydrogen-bond acceptors (Lipinski definition) is 5. The monoisotopic (exact) mass is 680 g/mol. The fourth-order valence-electron chi connectivity index (χ4n) is 7.45. The van der Waals surface area contributed by atoms with Gasteiger partial charge in [-0.1, -0.05) is 133 Å². The van der Waals surface area contributed by atoms with Crippen LogP contribution in [0.3, 0.4) is 0 Å². The Hall–Kier alpha value is -6.98. The predicted octanol–water partition coefficient (Wildman–Crippen LogP) is 12.3. The average molecular weight is 681 g/mol. The Morgan fingerprint density at radius 1 is 0.509 bits per heavy atom. The molecule has 53 heavy (non-hydrogen) atoms. The summed E-state index contributed by atoms with van der Waals surface area (Å²) in [6.45, 7) is 0. The number of fused-ring (bicyclic) bond motifs is 6. The SMILES string of the molecule is C1=C/C(c2ccccc2)=C\C=C(\c2nc(-c3ccccc3)nc(-c3cc(-c4cc5cccnc5c5ccccc45)cc4c3oc3ccccc34)n2)CC1. The van der Waals surface area contributed by atoms with E-state index in [1.807, 2.05) is 60.8 Å². The third kappa shape index (κ3) is 5.60. The van der Waals surface area contributed by atoms with E-state index >= 15 is 0 Å². The Labute approximate surface area is 306 Å². The summed E-state index contributed by atoms with van der Waals surface area (Å²) < 4.78 is 6.67. The molecule has 0 spiro atoms. The van der Waals surface area contributed by atoms with E-state index in [0.717, 1.165) is 89.9 Å². The first-order chi connectivity index (χ1) is 26.3. The number of benzene rings is 6. The van der Waals surface area contributed by atoms with Crippen LogP contribution in [0.2, 0.25) is 0 Å². The molecule has 0 unspecified atom stereocenters. The lowest BCUT2D eigenvalue weighted by molar-refractivity contribution is 0.669. The molecule has 0 atom stereocenters. The minimum Gasteiger partial charge on any atom is -0.455 e. The minimum absolute atomic E-state index is 0.567. The molecule has 6 aromatic carbocycles. The van der Waals surface area contributed by atoms with Crippen LogP contribution < -0.4 is 0 Å². The predicted molar refractivity (Wildman–Crippen MR) is 217 cm³/mol. The van der Waals surface area contributed by atoms with Gasteiger partial charge in [-0.2, -0.15) is 0 Å². The average Bonchev–Trinajstić information content (AvgIpc) is 3.59. The van der Waals surface area contributed by atoms with Crippen molar-refractivity contribution in [3.63, 3.8) is 0 Å². The molecule has 0 fully saturated rings. The van der Waals surface area contributed by atoms with Crippen molar-refractivity contribution in [2.75, 3.05) is 0 Å². The minimum atomic E-state index is 0.567. The first-order valence-electron chi connectivity index (χ1n) is 17.9. The van der Waals surface area contributed by atoms with Crippen LogP contribution in [0.1, 0.15) is 24.2 Å².